The van der Waals surface area contributed by atoms with Gasteiger partial charge in [-0.15, -0.1) is 24.0 Å². The monoisotopic (exact) mass is 529 g/mol. The largest absolute Gasteiger partial charge is 0.357 e. The van der Waals surface area contributed by atoms with Crippen LogP contribution in [0.1, 0.15) is 69.3 Å². The van der Waals surface area contributed by atoms with Gasteiger partial charge < -0.3 is 16.0 Å². The van der Waals surface area contributed by atoms with Crippen molar-refractivity contribution in [2.45, 2.75) is 65.5 Å². The molecule has 1 amide bonds. The average molecular weight is 530 g/mol. The van der Waals surface area contributed by atoms with Gasteiger partial charge in [-0.3, -0.25) is 9.69 Å². The number of benzene rings is 1. The molecule has 0 unspecified atom stereocenters. The zero-order chi connectivity index (χ0) is 21.1. The minimum atomic E-state index is -0.0222. The van der Waals surface area contributed by atoms with Crippen LogP contribution in [0.4, 0.5) is 0 Å². The number of aliphatic imine (C=N–C) groups is 1. The average Bonchev–Trinajstić information content (AvgIpc) is 2.75. The zero-order valence-electron chi connectivity index (χ0n) is 19.1. The smallest absolute Gasteiger partial charge is 0.251 e. The maximum absolute atomic E-state index is 12.2. The lowest BCUT2D eigenvalue weighted by atomic mass is 9.98. The van der Waals surface area contributed by atoms with Gasteiger partial charge in [0.25, 0.3) is 5.91 Å². The highest BCUT2D eigenvalue weighted by Gasteiger charge is 2.27. The molecule has 0 radical (unpaired) electrons. The normalized spacial score (nSPS) is 15.3. The molecule has 1 fully saturated rings. The van der Waals surface area contributed by atoms with E-state index in [9.17, 15) is 4.79 Å². The molecule has 0 atom stereocenters. The molecule has 170 valence electrons. The predicted molar refractivity (Wildman–Crippen MR) is 137 cm³/mol. The van der Waals surface area contributed by atoms with Crippen molar-refractivity contribution in [3.05, 3.63) is 35.4 Å². The van der Waals surface area contributed by atoms with Crippen molar-refractivity contribution >= 4 is 35.8 Å². The van der Waals surface area contributed by atoms with Gasteiger partial charge in [0.15, 0.2) is 5.96 Å². The third kappa shape index (κ3) is 8.79. The number of halogens is 1. The fourth-order valence-corrected chi connectivity index (χ4v) is 3.57. The third-order valence-corrected chi connectivity index (χ3v) is 5.39. The zero-order valence-corrected chi connectivity index (χ0v) is 21.4. The number of carbonyl (C=O) groups excluding carboxylic acids is 1. The quantitative estimate of drug-likeness (QED) is 0.259. The molecule has 3 N–H and O–H groups in total. The van der Waals surface area contributed by atoms with E-state index in [0.29, 0.717) is 18.7 Å². The lowest BCUT2D eigenvalue weighted by Gasteiger charge is -2.41. The minimum absolute atomic E-state index is 0. The molecule has 0 aliphatic carbocycles. The fraction of sp³-hybridized carbons (Fsp3) is 0.652. The van der Waals surface area contributed by atoms with Crippen LogP contribution >= 0.6 is 24.0 Å². The van der Waals surface area contributed by atoms with Gasteiger partial charge >= 0.3 is 0 Å². The van der Waals surface area contributed by atoms with Crippen molar-refractivity contribution in [2.24, 2.45) is 4.99 Å². The molecule has 0 saturated carbocycles. The molecule has 2 rings (SSSR count). The Balaban J connectivity index is 0.00000450. The van der Waals surface area contributed by atoms with Crippen LogP contribution in [-0.2, 0) is 6.54 Å². The standard InChI is InChI=1S/C23H39N5O.HI/c1-5-13-25-21(29)20-12-10-11-19(16-20)17-26-22(24-6-2)27-18-23(3,4)28-14-8-7-9-15-28;/h10-12,16H,5-9,13-15,17-18H2,1-4H3,(H,25,29)(H2,24,26,27);1H. The summed E-state index contributed by atoms with van der Waals surface area (Å²) in [6, 6.07) is 7.71. The van der Waals surface area contributed by atoms with E-state index in [0.717, 1.165) is 31.0 Å². The molecule has 6 nitrogen and oxygen atoms in total. The van der Waals surface area contributed by atoms with E-state index >= 15 is 0 Å². The summed E-state index contributed by atoms with van der Waals surface area (Å²) < 4.78 is 0. The fourth-order valence-electron chi connectivity index (χ4n) is 3.57. The van der Waals surface area contributed by atoms with Crippen LogP contribution in [0.25, 0.3) is 0 Å². The second-order valence-corrected chi connectivity index (χ2v) is 8.37. The Bertz CT molecular complexity index is 671. The Morgan fingerprint density at radius 1 is 1.10 bits per heavy atom. The van der Waals surface area contributed by atoms with E-state index in [1.807, 2.05) is 31.2 Å². The van der Waals surface area contributed by atoms with Crippen molar-refractivity contribution in [1.29, 1.82) is 0 Å². The van der Waals surface area contributed by atoms with Crippen LogP contribution in [0.2, 0.25) is 0 Å². The van der Waals surface area contributed by atoms with Gasteiger partial charge in [-0.1, -0.05) is 25.5 Å². The van der Waals surface area contributed by atoms with Crippen molar-refractivity contribution in [1.82, 2.24) is 20.9 Å². The number of nitrogens with zero attached hydrogens (tertiary/aromatic N) is 2. The number of carbonyl (C=O) groups is 1. The Hall–Kier alpha value is -1.35. The molecule has 1 saturated heterocycles. The van der Waals surface area contributed by atoms with Crippen LogP contribution in [0.15, 0.2) is 29.3 Å². The lowest BCUT2D eigenvalue weighted by Crippen LogP contribution is -2.54. The molecule has 0 aromatic heterocycles. The maximum atomic E-state index is 12.2. The van der Waals surface area contributed by atoms with Crippen molar-refractivity contribution in [2.75, 3.05) is 32.7 Å². The topological polar surface area (TPSA) is 68.8 Å². The number of guanidine groups is 1. The van der Waals surface area contributed by atoms with Gasteiger partial charge in [0.2, 0.25) is 0 Å². The molecule has 1 aromatic carbocycles. The van der Waals surface area contributed by atoms with Crippen LogP contribution in [0.3, 0.4) is 0 Å². The summed E-state index contributed by atoms with van der Waals surface area (Å²) in [7, 11) is 0. The molecule has 30 heavy (non-hydrogen) atoms. The Kier molecular flexibility index (Phi) is 12.3. The first kappa shape index (κ1) is 26.7. The van der Waals surface area contributed by atoms with E-state index in [-0.39, 0.29) is 35.4 Å². The van der Waals surface area contributed by atoms with Gasteiger partial charge in [-0.25, -0.2) is 4.99 Å². The highest BCUT2D eigenvalue weighted by molar-refractivity contribution is 14.0. The number of hydrogen-bond donors (Lipinski definition) is 3. The van der Waals surface area contributed by atoms with Crippen molar-refractivity contribution < 1.29 is 4.79 Å². The predicted octanol–water partition coefficient (Wildman–Crippen LogP) is 3.76. The van der Waals surface area contributed by atoms with Crippen molar-refractivity contribution in [3.63, 3.8) is 0 Å². The van der Waals surface area contributed by atoms with E-state index in [1.165, 1.54) is 32.4 Å². The number of likely N-dealkylation sites (tertiary alicyclic amines) is 1. The number of amides is 1. The summed E-state index contributed by atoms with van der Waals surface area (Å²) in [5, 5.41) is 9.77. The summed E-state index contributed by atoms with van der Waals surface area (Å²) in [4.78, 5) is 19.5. The van der Waals surface area contributed by atoms with Crippen LogP contribution < -0.4 is 16.0 Å². The van der Waals surface area contributed by atoms with Gasteiger partial charge in [0.1, 0.15) is 0 Å². The summed E-state index contributed by atoms with van der Waals surface area (Å²) in [6.45, 7) is 14.0. The molecule has 7 heteroatoms. The molecule has 0 bridgehead atoms. The van der Waals surface area contributed by atoms with Crippen LogP contribution in [-0.4, -0.2) is 55.0 Å². The first-order chi connectivity index (χ1) is 14.0. The molecule has 1 aromatic rings. The molecular formula is C23H40IN5O. The third-order valence-electron chi connectivity index (χ3n) is 5.39. The van der Waals surface area contributed by atoms with Gasteiger partial charge in [-0.05, 0) is 70.8 Å². The lowest BCUT2D eigenvalue weighted by molar-refractivity contribution is 0.0953. The Morgan fingerprint density at radius 3 is 2.50 bits per heavy atom. The molecule has 1 heterocycles. The molecule has 0 spiro atoms. The first-order valence-corrected chi connectivity index (χ1v) is 11.1. The number of rotatable bonds is 9. The number of hydrogen-bond acceptors (Lipinski definition) is 3. The Morgan fingerprint density at radius 2 is 1.83 bits per heavy atom. The molecule has 1 aliphatic rings. The van der Waals surface area contributed by atoms with Crippen LogP contribution in [0, 0.1) is 0 Å². The minimum Gasteiger partial charge on any atom is -0.357 e. The SMILES string of the molecule is CCCNC(=O)c1cccc(CN=C(NCC)NCC(C)(C)N2CCCCC2)c1.I. The molecular weight excluding hydrogens is 489 g/mol. The maximum Gasteiger partial charge on any atom is 0.251 e. The van der Waals surface area contributed by atoms with E-state index in [4.69, 9.17) is 4.99 Å². The highest BCUT2D eigenvalue weighted by Crippen LogP contribution is 2.19. The second-order valence-electron chi connectivity index (χ2n) is 8.37. The van der Waals surface area contributed by atoms with Crippen LogP contribution in [0.5, 0.6) is 0 Å². The van der Waals surface area contributed by atoms with Crippen molar-refractivity contribution in [3.8, 4) is 0 Å². The first-order valence-electron chi connectivity index (χ1n) is 11.1. The highest BCUT2D eigenvalue weighted by atomic mass is 127. The van der Waals surface area contributed by atoms with E-state index < -0.39 is 0 Å². The summed E-state index contributed by atoms with van der Waals surface area (Å²) in [5.41, 5.74) is 1.81. The number of nitrogens with one attached hydrogen (secondary N) is 3. The van der Waals surface area contributed by atoms with E-state index in [1.54, 1.807) is 0 Å². The number of piperidine rings is 1. The Labute approximate surface area is 199 Å². The van der Waals surface area contributed by atoms with Gasteiger partial charge in [0.05, 0.1) is 6.54 Å². The summed E-state index contributed by atoms with van der Waals surface area (Å²) in [5.74, 6) is 0.796. The van der Waals surface area contributed by atoms with Gasteiger partial charge in [-0.2, -0.15) is 0 Å². The van der Waals surface area contributed by atoms with Gasteiger partial charge in [0, 0.05) is 30.7 Å². The summed E-state index contributed by atoms with van der Waals surface area (Å²) in [6.07, 6.45) is 4.86. The van der Waals surface area contributed by atoms with E-state index in [2.05, 4.69) is 41.6 Å². The second kappa shape index (κ2) is 13.9. The molecule has 1 aliphatic heterocycles. The summed E-state index contributed by atoms with van der Waals surface area (Å²) >= 11 is 0.